The summed E-state index contributed by atoms with van der Waals surface area (Å²) in [5.74, 6) is 6.87. The van der Waals surface area contributed by atoms with Gasteiger partial charge in [0.05, 0.1) is 51.6 Å². The molecule has 16 rings (SSSR count). The summed E-state index contributed by atoms with van der Waals surface area (Å²) in [5, 5.41) is 4.03. The Morgan fingerprint density at radius 2 is 0.807 bits per heavy atom. The zero-order valence-electron chi connectivity index (χ0n) is 51.5. The first kappa shape index (κ1) is 62.1. The maximum atomic E-state index is 13.1. The van der Waals surface area contributed by atoms with E-state index >= 15 is 0 Å². The lowest BCUT2D eigenvalue weighted by Crippen LogP contribution is -2.04. The van der Waals surface area contributed by atoms with E-state index in [1.54, 1.807) is 43.4 Å². The average Bonchev–Trinajstić information content (AvgIpc) is 4.24. The van der Waals surface area contributed by atoms with Gasteiger partial charge >= 0.3 is 0 Å². The number of methoxy groups -OCH3 is 2. The molecule has 8 aromatic rings. The number of aryl methyl sites for hydroxylation is 8. The van der Waals surface area contributed by atoms with E-state index in [2.05, 4.69) is 108 Å². The Bertz CT molecular complexity index is 3250. The molecule has 4 heterocycles. The van der Waals surface area contributed by atoms with Gasteiger partial charge in [-0.2, -0.15) is 13.1 Å². The molecule has 8 aliphatic rings. The van der Waals surface area contributed by atoms with Crippen molar-refractivity contribution in [1.29, 1.82) is 0 Å². The minimum absolute atomic E-state index is 0.140. The van der Waals surface area contributed by atoms with E-state index < -0.39 is 0 Å². The van der Waals surface area contributed by atoms with E-state index in [1.807, 2.05) is 32.0 Å². The van der Waals surface area contributed by atoms with Gasteiger partial charge in [0, 0.05) is 11.1 Å². The zero-order valence-corrected chi connectivity index (χ0v) is 53.9. The van der Waals surface area contributed by atoms with Gasteiger partial charge in [-0.25, -0.2) is 4.39 Å². The lowest BCUT2D eigenvalue weighted by molar-refractivity contribution is 0.346. The number of aromatic nitrogens is 4. The van der Waals surface area contributed by atoms with Crippen molar-refractivity contribution in [2.45, 2.75) is 197 Å². The van der Waals surface area contributed by atoms with Crippen molar-refractivity contribution in [3.8, 4) is 54.1 Å². The molecule has 83 heavy (non-hydrogen) atoms. The van der Waals surface area contributed by atoms with Crippen molar-refractivity contribution >= 4 is 34.6 Å². The minimum atomic E-state index is -0.140. The summed E-state index contributed by atoms with van der Waals surface area (Å²) in [6.45, 7) is 17.5. The summed E-state index contributed by atoms with van der Waals surface area (Å²) in [4.78, 5) is 3.97. The fourth-order valence-corrected chi connectivity index (χ4v) is 15.0. The molecule has 11 heteroatoms. The number of hydrogen-bond donors (Lipinski definition) is 0. The van der Waals surface area contributed by atoms with Gasteiger partial charge in [-0.05, 0) is 241 Å². The van der Waals surface area contributed by atoms with Crippen LogP contribution in [0.5, 0.6) is 11.5 Å². The summed E-state index contributed by atoms with van der Waals surface area (Å²) in [7, 11) is 3.40. The highest BCUT2D eigenvalue weighted by Gasteiger charge is 2.25. The van der Waals surface area contributed by atoms with Crippen molar-refractivity contribution in [3.05, 3.63) is 152 Å². The third-order valence-electron chi connectivity index (χ3n) is 18.0. The molecule has 0 radical (unpaired) electrons. The predicted octanol–water partition coefficient (Wildman–Crippen LogP) is 20.6. The summed E-state index contributed by atoms with van der Waals surface area (Å²) in [5.41, 5.74) is 20.4. The van der Waals surface area contributed by atoms with Crippen LogP contribution in [-0.4, -0.2) is 32.5 Å². The van der Waals surface area contributed by atoms with Crippen LogP contribution in [0.15, 0.2) is 83.4 Å². The van der Waals surface area contributed by atoms with Crippen LogP contribution in [0, 0.1) is 57.2 Å². The van der Waals surface area contributed by atoms with Gasteiger partial charge in [0.1, 0.15) is 17.3 Å². The minimum Gasteiger partial charge on any atom is -0.497 e. The fourth-order valence-electron chi connectivity index (χ4n) is 12.0. The Kier molecular flexibility index (Phi) is 22.5. The molecular formula is C72H91FN4O3S3. The van der Waals surface area contributed by atoms with E-state index in [0.717, 1.165) is 108 Å². The van der Waals surface area contributed by atoms with Gasteiger partial charge in [0.25, 0.3) is 0 Å². The van der Waals surface area contributed by atoms with Crippen LogP contribution in [0.3, 0.4) is 0 Å². The highest BCUT2D eigenvalue weighted by Crippen LogP contribution is 2.42. The average molecular weight is 1180 g/mol. The van der Waals surface area contributed by atoms with Crippen LogP contribution in [0.2, 0.25) is 0 Å². The van der Waals surface area contributed by atoms with Crippen LogP contribution in [-0.2, 0) is 51.4 Å². The van der Waals surface area contributed by atoms with Gasteiger partial charge in [0.2, 0.25) is 0 Å². The van der Waals surface area contributed by atoms with Crippen LogP contribution in [0.4, 0.5) is 4.39 Å². The lowest BCUT2D eigenvalue weighted by atomic mass is 9.88. The molecule has 0 aliphatic heterocycles. The number of nitrogens with zero attached hydrogens (tertiary/aromatic N) is 4. The standard InChI is InChI=1S/C13H13NO2.C13H13NOS.C12H10FNS.C12H11NS.C7H14.C6H12.C5H10.C4H8/c2*1-8-11-5-3-9-7-10(15-2)4-6-12(9)13(11)16-14-8;1-7-10-4-2-8-6-9(13)3-5-11(8)12(10)15-14-7;1-8-10-7-6-9-4-2-3-5-11(9)12(10)14-13-8;1-7-5-3-2-4-6-7;1-6-4-2-3-5-6;1-5-3-2-4-5;1-4-2-3-4/h2*4,6-7H,3,5H2,1-2H3;3,5-6H,2,4H2,1H3;2-5H,6-7H2,1H3;7H,2-6H2,1H3;6H,2-5H2,1H3;5H,2-4H2,1H3;4H,2-3H2,1H3. The van der Waals surface area contributed by atoms with Crippen LogP contribution in [0.1, 0.15) is 185 Å². The smallest absolute Gasteiger partial charge is 0.170 e. The molecule has 0 unspecified atom stereocenters. The van der Waals surface area contributed by atoms with Crippen LogP contribution < -0.4 is 9.47 Å². The molecule has 442 valence electrons. The lowest BCUT2D eigenvalue weighted by Gasteiger charge is -2.18. The van der Waals surface area contributed by atoms with Gasteiger partial charge in [-0.1, -0.05) is 153 Å². The molecule has 4 saturated carbocycles. The van der Waals surface area contributed by atoms with Crippen molar-refractivity contribution in [3.63, 3.8) is 0 Å². The molecule has 7 nitrogen and oxygen atoms in total. The normalized spacial score (nSPS) is 16.6. The van der Waals surface area contributed by atoms with E-state index in [-0.39, 0.29) is 5.82 Å². The molecule has 0 amide bonds. The Balaban J connectivity index is 0.000000119. The van der Waals surface area contributed by atoms with Gasteiger partial charge in [-0.15, -0.1) is 0 Å². The van der Waals surface area contributed by atoms with Gasteiger partial charge in [0.15, 0.2) is 5.76 Å². The van der Waals surface area contributed by atoms with Crippen molar-refractivity contribution in [2.24, 2.45) is 23.7 Å². The Labute approximate surface area is 508 Å². The zero-order chi connectivity index (χ0) is 58.4. The third-order valence-corrected chi connectivity index (χ3v) is 21.0. The molecule has 0 saturated heterocycles. The van der Waals surface area contributed by atoms with E-state index in [9.17, 15) is 4.39 Å². The number of halogens is 1. The molecule has 0 bridgehead atoms. The Morgan fingerprint density at radius 3 is 1.24 bits per heavy atom. The molecule has 4 aromatic heterocycles. The number of benzene rings is 4. The molecule has 4 fully saturated rings. The number of hydrogen-bond acceptors (Lipinski definition) is 10. The molecular weight excluding hydrogens is 1080 g/mol. The largest absolute Gasteiger partial charge is 0.497 e. The molecule has 0 spiro atoms. The summed E-state index contributed by atoms with van der Waals surface area (Å²) < 4.78 is 42.2. The van der Waals surface area contributed by atoms with E-state index in [4.69, 9.17) is 14.0 Å². The molecule has 8 aliphatic carbocycles. The van der Waals surface area contributed by atoms with Crippen molar-refractivity contribution < 1.29 is 18.4 Å². The molecule has 0 atom stereocenters. The third kappa shape index (κ3) is 16.5. The topological polar surface area (TPSA) is 83.2 Å². The molecule has 4 aromatic carbocycles. The first-order valence-corrected chi connectivity index (χ1v) is 33.6. The Morgan fingerprint density at radius 1 is 0.410 bits per heavy atom. The predicted molar refractivity (Wildman–Crippen MR) is 348 cm³/mol. The van der Waals surface area contributed by atoms with Crippen LogP contribution >= 0.6 is 34.6 Å². The van der Waals surface area contributed by atoms with Crippen LogP contribution in [0.25, 0.3) is 42.6 Å². The maximum Gasteiger partial charge on any atom is 0.170 e. The van der Waals surface area contributed by atoms with E-state index in [1.165, 1.54) is 196 Å². The second-order valence-corrected chi connectivity index (χ2v) is 27.0. The highest BCUT2D eigenvalue weighted by molar-refractivity contribution is 7.10. The number of ether oxygens (including phenoxy) is 2. The van der Waals surface area contributed by atoms with Crippen molar-refractivity contribution in [2.75, 3.05) is 14.2 Å². The molecule has 0 N–H and O–H groups in total. The quantitative estimate of drug-likeness (QED) is 0.170. The summed E-state index contributed by atoms with van der Waals surface area (Å²) in [6.07, 6.45) is 29.3. The summed E-state index contributed by atoms with van der Waals surface area (Å²) >= 11 is 4.79. The highest BCUT2D eigenvalue weighted by atomic mass is 32.1. The first-order chi connectivity index (χ1) is 40.3. The second kappa shape index (κ2) is 30.0. The van der Waals surface area contributed by atoms with Crippen molar-refractivity contribution in [1.82, 2.24) is 18.3 Å². The number of fused-ring (bicyclic) bond motifs is 12. The maximum absolute atomic E-state index is 13.1. The monoisotopic (exact) mass is 1170 g/mol. The Hall–Kier alpha value is -5.49. The second-order valence-electron chi connectivity index (χ2n) is 24.7. The van der Waals surface area contributed by atoms with Gasteiger partial charge < -0.3 is 14.0 Å². The fraction of sp³-hybridized carbons (Fsp3) is 0.500. The first-order valence-electron chi connectivity index (χ1n) is 31.3. The SMILES string of the molecule is CC1CC1.CC1CCC1.CC1CCCC1.CC1CCCCC1.COc1ccc2c(c1)CCc1c(C)noc1-2.COc1ccc2c(c1)CCc1c(C)nsc1-2.Cc1nsc2c1CCc1cc(F)ccc1-2.Cc1nsc2c1CCc1ccccc1-2. The summed E-state index contributed by atoms with van der Waals surface area (Å²) in [6, 6.07) is 26.2. The van der Waals surface area contributed by atoms with E-state index in [0.29, 0.717) is 0 Å². The van der Waals surface area contributed by atoms with Gasteiger partial charge in [-0.3, -0.25) is 0 Å². The number of rotatable bonds is 2.